The predicted molar refractivity (Wildman–Crippen MR) is 94.4 cm³/mol. The molecule has 0 aliphatic heterocycles. The molecule has 0 amide bonds. The monoisotopic (exact) mass is 342 g/mol. The summed E-state index contributed by atoms with van der Waals surface area (Å²) in [5, 5.41) is 0. The fraction of sp³-hybridized carbons (Fsp3) is 1.00. The molecule has 5 atom stereocenters. The average Bonchev–Trinajstić information content (AvgIpc) is 2.59. The highest BCUT2D eigenvalue weighted by Gasteiger charge is 2.48. The van der Waals surface area contributed by atoms with Gasteiger partial charge in [0.1, 0.15) is 6.17 Å². The number of alkyl halides is 2. The molecule has 24 heavy (non-hydrogen) atoms. The van der Waals surface area contributed by atoms with E-state index in [9.17, 15) is 8.78 Å². The first kappa shape index (κ1) is 18.6. The first-order chi connectivity index (χ1) is 11.5. The van der Waals surface area contributed by atoms with Crippen molar-refractivity contribution in [2.24, 2.45) is 35.5 Å². The van der Waals surface area contributed by atoms with E-state index in [0.29, 0.717) is 12.3 Å². The van der Waals surface area contributed by atoms with Crippen molar-refractivity contribution >= 4 is 0 Å². The molecule has 0 bridgehead atoms. The fourth-order valence-electron chi connectivity index (χ4n) is 6.09. The van der Waals surface area contributed by atoms with Crippen LogP contribution in [0, 0.1) is 35.5 Å². The zero-order chi connectivity index (χ0) is 17.3. The first-order valence-electron chi connectivity index (χ1n) is 10.3. The van der Waals surface area contributed by atoms with Gasteiger partial charge in [-0.25, -0.2) is 8.78 Å². The molecule has 3 fully saturated rings. The molecule has 0 N–H and O–H groups in total. The van der Waals surface area contributed by atoms with Crippen LogP contribution in [-0.2, 0) is 4.74 Å². The van der Waals surface area contributed by atoms with Crippen LogP contribution in [0.3, 0.4) is 0 Å². The maximum absolute atomic E-state index is 14.8. The molecule has 0 aromatic carbocycles. The normalized spacial score (nSPS) is 50.6. The van der Waals surface area contributed by atoms with E-state index in [4.69, 9.17) is 4.74 Å². The molecule has 140 valence electrons. The van der Waals surface area contributed by atoms with E-state index in [0.717, 1.165) is 30.6 Å². The summed E-state index contributed by atoms with van der Waals surface area (Å²) in [4.78, 5) is 0. The molecule has 3 aliphatic carbocycles. The van der Waals surface area contributed by atoms with Gasteiger partial charge in [0.15, 0.2) is 6.17 Å². The number of hydrogen-bond acceptors (Lipinski definition) is 1. The third-order valence-electron chi connectivity index (χ3n) is 7.68. The summed E-state index contributed by atoms with van der Waals surface area (Å²) in [6.45, 7) is 4.48. The van der Waals surface area contributed by atoms with E-state index in [1.165, 1.54) is 45.6 Å². The topological polar surface area (TPSA) is 9.23 Å². The summed E-state index contributed by atoms with van der Waals surface area (Å²) < 4.78 is 34.2. The van der Waals surface area contributed by atoms with Gasteiger partial charge in [0.25, 0.3) is 0 Å². The predicted octanol–water partition coefficient (Wildman–Crippen LogP) is 5.97. The zero-order valence-electron chi connectivity index (χ0n) is 15.7. The summed E-state index contributed by atoms with van der Waals surface area (Å²) in [7, 11) is 1.51. The van der Waals surface area contributed by atoms with Crippen molar-refractivity contribution in [1.82, 2.24) is 0 Å². The Kier molecular flexibility index (Phi) is 6.21. The van der Waals surface area contributed by atoms with Crippen molar-refractivity contribution < 1.29 is 13.5 Å². The van der Waals surface area contributed by atoms with Crippen LogP contribution in [0.4, 0.5) is 8.78 Å². The highest BCUT2D eigenvalue weighted by Crippen LogP contribution is 2.48. The fourth-order valence-corrected chi connectivity index (χ4v) is 6.09. The molecule has 3 saturated carbocycles. The van der Waals surface area contributed by atoms with E-state index in [1.807, 2.05) is 0 Å². The van der Waals surface area contributed by atoms with Crippen LogP contribution in [-0.4, -0.2) is 25.6 Å². The van der Waals surface area contributed by atoms with E-state index >= 15 is 0 Å². The molecule has 0 heterocycles. The Morgan fingerprint density at radius 2 is 1.21 bits per heavy atom. The van der Waals surface area contributed by atoms with E-state index in [1.54, 1.807) is 0 Å². The molecule has 3 aliphatic rings. The largest absolute Gasteiger partial charge is 0.378 e. The zero-order valence-corrected chi connectivity index (χ0v) is 15.7. The van der Waals surface area contributed by atoms with E-state index < -0.39 is 18.4 Å². The summed E-state index contributed by atoms with van der Waals surface area (Å²) >= 11 is 0. The minimum absolute atomic E-state index is 0.0984. The Labute approximate surface area is 146 Å². The van der Waals surface area contributed by atoms with Crippen LogP contribution in [0.5, 0.6) is 0 Å². The highest BCUT2D eigenvalue weighted by atomic mass is 19.2. The third kappa shape index (κ3) is 3.81. The van der Waals surface area contributed by atoms with Gasteiger partial charge in [0.2, 0.25) is 0 Å². The van der Waals surface area contributed by atoms with Gasteiger partial charge >= 0.3 is 0 Å². The van der Waals surface area contributed by atoms with E-state index in [-0.39, 0.29) is 11.8 Å². The number of methoxy groups -OCH3 is 1. The van der Waals surface area contributed by atoms with E-state index in [2.05, 4.69) is 13.8 Å². The molecule has 5 unspecified atom stereocenters. The van der Waals surface area contributed by atoms with Gasteiger partial charge < -0.3 is 4.74 Å². The Balaban J connectivity index is 1.54. The second-order valence-corrected chi connectivity index (χ2v) is 9.15. The molecule has 3 rings (SSSR count). The van der Waals surface area contributed by atoms with Gasteiger partial charge in [-0.15, -0.1) is 0 Å². The number of rotatable bonds is 3. The lowest BCUT2D eigenvalue weighted by molar-refractivity contribution is -0.0954. The maximum Gasteiger partial charge on any atom is 0.157 e. The summed E-state index contributed by atoms with van der Waals surface area (Å²) in [5.41, 5.74) is 0. The van der Waals surface area contributed by atoms with Crippen molar-refractivity contribution in [1.29, 1.82) is 0 Å². The second kappa shape index (κ2) is 8.01. The standard InChI is InChI=1S/C21H36F2O/c1-13-4-6-15(7-5-13)16-8-10-17(11-9-16)19-14(2)12-18(24-3)20(22)21(19)23/h13-21H,4-12H2,1-3H3. The molecule has 0 saturated heterocycles. The van der Waals surface area contributed by atoms with Gasteiger partial charge in [-0.05, 0) is 80.5 Å². The molecule has 0 radical (unpaired) electrons. The average molecular weight is 343 g/mol. The van der Waals surface area contributed by atoms with Gasteiger partial charge in [0, 0.05) is 7.11 Å². The Hall–Kier alpha value is -0.180. The maximum atomic E-state index is 14.8. The quantitative estimate of drug-likeness (QED) is 0.614. The van der Waals surface area contributed by atoms with Crippen molar-refractivity contribution in [3.8, 4) is 0 Å². The van der Waals surface area contributed by atoms with Crippen LogP contribution in [0.15, 0.2) is 0 Å². The van der Waals surface area contributed by atoms with Crippen LogP contribution in [0.2, 0.25) is 0 Å². The van der Waals surface area contributed by atoms with Crippen molar-refractivity contribution in [2.45, 2.75) is 90.1 Å². The Morgan fingerprint density at radius 3 is 1.75 bits per heavy atom. The summed E-state index contributed by atoms with van der Waals surface area (Å²) in [5.74, 6) is 3.17. The molecule has 0 aromatic heterocycles. The lowest BCUT2D eigenvalue weighted by atomic mass is 9.62. The van der Waals surface area contributed by atoms with Crippen LogP contribution < -0.4 is 0 Å². The van der Waals surface area contributed by atoms with Crippen LogP contribution >= 0.6 is 0 Å². The Bertz CT molecular complexity index is 385. The summed E-state index contributed by atoms with van der Waals surface area (Å²) in [6.07, 6.45) is 7.60. The van der Waals surface area contributed by atoms with Gasteiger partial charge in [0.05, 0.1) is 6.10 Å². The second-order valence-electron chi connectivity index (χ2n) is 9.15. The van der Waals surface area contributed by atoms with Gasteiger partial charge in [-0.3, -0.25) is 0 Å². The minimum Gasteiger partial charge on any atom is -0.378 e. The third-order valence-corrected chi connectivity index (χ3v) is 7.68. The minimum atomic E-state index is -1.44. The number of hydrogen-bond donors (Lipinski definition) is 0. The molecule has 0 aromatic rings. The molecular weight excluding hydrogens is 306 g/mol. The van der Waals surface area contributed by atoms with Crippen molar-refractivity contribution in [2.75, 3.05) is 7.11 Å². The highest BCUT2D eigenvalue weighted by molar-refractivity contribution is 4.96. The SMILES string of the molecule is COC1CC(C)C(C2CCC(C3CCC(C)CC3)CC2)C(F)C1F. The smallest absolute Gasteiger partial charge is 0.157 e. The lowest BCUT2D eigenvalue weighted by Gasteiger charge is -2.45. The first-order valence-corrected chi connectivity index (χ1v) is 10.3. The van der Waals surface area contributed by atoms with Crippen molar-refractivity contribution in [3.05, 3.63) is 0 Å². The molecule has 0 spiro atoms. The molecule has 1 nitrogen and oxygen atoms in total. The lowest BCUT2D eigenvalue weighted by Crippen LogP contribution is -2.49. The summed E-state index contributed by atoms with van der Waals surface area (Å²) in [6, 6.07) is 0. The van der Waals surface area contributed by atoms with Crippen LogP contribution in [0.25, 0.3) is 0 Å². The van der Waals surface area contributed by atoms with Gasteiger partial charge in [-0.1, -0.05) is 26.7 Å². The molecular formula is C21H36F2O. The van der Waals surface area contributed by atoms with Crippen molar-refractivity contribution in [3.63, 3.8) is 0 Å². The number of ether oxygens (including phenoxy) is 1. The number of halogens is 2. The Morgan fingerprint density at radius 1 is 0.708 bits per heavy atom. The van der Waals surface area contributed by atoms with Gasteiger partial charge in [-0.2, -0.15) is 0 Å². The molecule has 3 heteroatoms. The van der Waals surface area contributed by atoms with Crippen LogP contribution in [0.1, 0.15) is 71.6 Å².